The zero-order valence-corrected chi connectivity index (χ0v) is 11.8. The molecule has 1 N–H and O–H groups in total. The van der Waals surface area contributed by atoms with Crippen LogP contribution < -0.4 is 0 Å². The molecule has 0 radical (unpaired) electrons. The Hall–Kier alpha value is -1.36. The lowest BCUT2D eigenvalue weighted by atomic mass is 10.1. The Labute approximate surface area is 117 Å². The van der Waals surface area contributed by atoms with Crippen LogP contribution >= 0.6 is 11.6 Å². The normalized spacial score (nSPS) is 12.9. The molecule has 0 saturated carbocycles. The number of rotatable bonds is 5. The molecule has 1 heterocycles. The fourth-order valence-corrected chi connectivity index (χ4v) is 2.15. The van der Waals surface area contributed by atoms with Gasteiger partial charge in [0.25, 0.3) is 0 Å². The maximum absolute atomic E-state index is 10.2. The van der Waals surface area contributed by atoms with E-state index < -0.39 is 6.10 Å². The van der Waals surface area contributed by atoms with Gasteiger partial charge in [0.15, 0.2) is 0 Å². The second-order valence-electron chi connectivity index (χ2n) is 4.70. The average molecular weight is 281 g/mol. The van der Waals surface area contributed by atoms with Gasteiger partial charge in [-0.05, 0) is 31.7 Å². The summed E-state index contributed by atoms with van der Waals surface area (Å²) in [6, 6.07) is 9.16. The van der Waals surface area contributed by atoms with E-state index in [4.69, 9.17) is 16.1 Å². The largest absolute Gasteiger partial charge is 0.387 e. The van der Waals surface area contributed by atoms with Crippen LogP contribution in [0.4, 0.5) is 0 Å². The summed E-state index contributed by atoms with van der Waals surface area (Å²) >= 11 is 5.91. The zero-order valence-electron chi connectivity index (χ0n) is 11.0. The highest BCUT2D eigenvalue weighted by atomic mass is 35.5. The fourth-order valence-electron chi connectivity index (χ4n) is 1.95. The van der Waals surface area contributed by atoms with Crippen LogP contribution in [0, 0.1) is 6.92 Å². The molecule has 0 aliphatic heterocycles. The molecule has 0 saturated heterocycles. The molecule has 0 aliphatic rings. The Bertz CT molecular complexity index is 542. The summed E-state index contributed by atoms with van der Waals surface area (Å²) in [5.41, 5.74) is 1.67. The molecule has 1 atom stereocenters. The van der Waals surface area contributed by atoms with Gasteiger partial charge in [-0.25, -0.2) is 0 Å². The molecule has 1 unspecified atom stereocenters. The van der Waals surface area contributed by atoms with Gasteiger partial charge < -0.3 is 9.63 Å². The van der Waals surface area contributed by atoms with E-state index in [2.05, 4.69) is 5.16 Å². The lowest BCUT2D eigenvalue weighted by molar-refractivity contribution is 0.122. The number of nitrogens with zero attached hydrogens (tertiary/aromatic N) is 2. The fraction of sp³-hybridized carbons (Fsp3) is 0.357. The zero-order chi connectivity index (χ0) is 13.8. The molecule has 1 aromatic heterocycles. The second kappa shape index (κ2) is 6.19. The van der Waals surface area contributed by atoms with Crippen molar-refractivity contribution in [3.63, 3.8) is 0 Å². The standard InChI is InChI=1S/C14H17ClN2O2/c1-10-6-13(16-19-10)8-17(2)9-14(18)11-4-3-5-12(15)7-11/h3-7,14,18H,8-9H2,1-2H3. The molecule has 2 rings (SSSR count). The second-order valence-corrected chi connectivity index (χ2v) is 5.13. The first-order valence-corrected chi connectivity index (χ1v) is 6.46. The first-order valence-electron chi connectivity index (χ1n) is 6.09. The first-order chi connectivity index (χ1) is 9.04. The van der Waals surface area contributed by atoms with E-state index in [1.54, 1.807) is 12.1 Å². The molecule has 2 aromatic rings. The van der Waals surface area contributed by atoms with Crippen LogP contribution in [0.3, 0.4) is 0 Å². The van der Waals surface area contributed by atoms with Crippen molar-refractivity contribution >= 4 is 11.6 Å². The third-order valence-electron chi connectivity index (χ3n) is 2.83. The van der Waals surface area contributed by atoms with Crippen LogP contribution in [0.5, 0.6) is 0 Å². The Kier molecular flexibility index (Phi) is 4.58. The van der Waals surface area contributed by atoms with Crippen LogP contribution in [-0.4, -0.2) is 28.8 Å². The summed E-state index contributed by atoms with van der Waals surface area (Å²) in [4.78, 5) is 1.99. The van der Waals surface area contributed by atoms with Gasteiger partial charge in [-0.3, -0.25) is 4.90 Å². The minimum Gasteiger partial charge on any atom is -0.387 e. The molecule has 0 amide bonds. The van der Waals surface area contributed by atoms with Crippen molar-refractivity contribution in [1.82, 2.24) is 10.1 Å². The molecule has 102 valence electrons. The van der Waals surface area contributed by atoms with Crippen LogP contribution in [-0.2, 0) is 6.54 Å². The van der Waals surface area contributed by atoms with Crippen molar-refractivity contribution in [3.8, 4) is 0 Å². The highest BCUT2D eigenvalue weighted by Gasteiger charge is 2.12. The minimum absolute atomic E-state index is 0.506. The van der Waals surface area contributed by atoms with Crippen LogP contribution in [0.2, 0.25) is 5.02 Å². The number of halogens is 1. The van der Waals surface area contributed by atoms with E-state index in [9.17, 15) is 5.11 Å². The van der Waals surface area contributed by atoms with Gasteiger partial charge in [0, 0.05) is 24.2 Å². The minimum atomic E-state index is -0.573. The van der Waals surface area contributed by atoms with Gasteiger partial charge in [-0.15, -0.1) is 0 Å². The number of aromatic nitrogens is 1. The maximum atomic E-state index is 10.2. The number of benzene rings is 1. The smallest absolute Gasteiger partial charge is 0.133 e. The van der Waals surface area contributed by atoms with Gasteiger partial charge in [0.05, 0.1) is 11.8 Å². The number of hydrogen-bond donors (Lipinski definition) is 1. The molecule has 5 heteroatoms. The molecule has 0 spiro atoms. The Morgan fingerprint density at radius 3 is 2.84 bits per heavy atom. The van der Waals surface area contributed by atoms with Crippen molar-refractivity contribution in [3.05, 3.63) is 52.4 Å². The summed E-state index contributed by atoms with van der Waals surface area (Å²) in [7, 11) is 1.93. The van der Waals surface area contributed by atoms with Crippen molar-refractivity contribution in [2.75, 3.05) is 13.6 Å². The van der Waals surface area contributed by atoms with Crippen LogP contribution in [0.1, 0.15) is 23.1 Å². The predicted molar refractivity (Wildman–Crippen MR) is 74.0 cm³/mol. The van der Waals surface area contributed by atoms with Crippen molar-refractivity contribution < 1.29 is 9.63 Å². The summed E-state index contributed by atoms with van der Waals surface area (Å²) in [5, 5.41) is 14.7. The SMILES string of the molecule is Cc1cc(CN(C)CC(O)c2cccc(Cl)c2)no1. The highest BCUT2D eigenvalue weighted by molar-refractivity contribution is 6.30. The van der Waals surface area contributed by atoms with E-state index in [0.29, 0.717) is 18.1 Å². The molecular weight excluding hydrogens is 264 g/mol. The Balaban J connectivity index is 1.93. The summed E-state index contributed by atoms with van der Waals surface area (Å²) < 4.78 is 5.01. The average Bonchev–Trinajstić information content (AvgIpc) is 2.74. The summed E-state index contributed by atoms with van der Waals surface area (Å²) in [6.45, 7) is 3.00. The van der Waals surface area contributed by atoms with Crippen molar-refractivity contribution in [1.29, 1.82) is 0 Å². The van der Waals surface area contributed by atoms with Crippen molar-refractivity contribution in [2.45, 2.75) is 19.6 Å². The Morgan fingerprint density at radius 1 is 1.42 bits per heavy atom. The highest BCUT2D eigenvalue weighted by Crippen LogP contribution is 2.18. The third kappa shape index (κ3) is 4.06. The van der Waals surface area contributed by atoms with Gasteiger partial charge in [0.1, 0.15) is 5.76 Å². The predicted octanol–water partition coefficient (Wildman–Crippen LogP) is 2.80. The van der Waals surface area contributed by atoms with Gasteiger partial charge >= 0.3 is 0 Å². The number of aryl methyl sites for hydroxylation is 1. The molecular formula is C14H17ClN2O2. The maximum Gasteiger partial charge on any atom is 0.133 e. The van der Waals surface area contributed by atoms with E-state index in [0.717, 1.165) is 17.0 Å². The lowest BCUT2D eigenvalue weighted by Gasteiger charge is -2.19. The molecule has 0 fully saturated rings. The molecule has 0 aliphatic carbocycles. The van der Waals surface area contributed by atoms with Crippen molar-refractivity contribution in [2.24, 2.45) is 0 Å². The van der Waals surface area contributed by atoms with E-state index >= 15 is 0 Å². The topological polar surface area (TPSA) is 49.5 Å². The monoisotopic (exact) mass is 280 g/mol. The number of aliphatic hydroxyl groups is 1. The quantitative estimate of drug-likeness (QED) is 0.915. The van der Waals surface area contributed by atoms with Gasteiger partial charge in [-0.2, -0.15) is 0 Å². The summed E-state index contributed by atoms with van der Waals surface area (Å²) in [5.74, 6) is 0.791. The van der Waals surface area contributed by atoms with E-state index in [-0.39, 0.29) is 0 Å². The lowest BCUT2D eigenvalue weighted by Crippen LogP contribution is -2.24. The van der Waals surface area contributed by atoms with Crippen LogP contribution in [0.25, 0.3) is 0 Å². The third-order valence-corrected chi connectivity index (χ3v) is 3.06. The molecule has 4 nitrogen and oxygen atoms in total. The number of aliphatic hydroxyl groups excluding tert-OH is 1. The first kappa shape index (κ1) is 14.1. The number of likely N-dealkylation sites (N-methyl/N-ethyl adjacent to an activating group) is 1. The molecule has 0 bridgehead atoms. The van der Waals surface area contributed by atoms with E-state index in [1.165, 1.54) is 0 Å². The van der Waals surface area contributed by atoms with Gasteiger partial charge in [0.2, 0.25) is 0 Å². The van der Waals surface area contributed by atoms with Crippen LogP contribution in [0.15, 0.2) is 34.9 Å². The van der Waals surface area contributed by atoms with E-state index in [1.807, 2.05) is 37.1 Å². The molecule has 1 aromatic carbocycles. The molecule has 19 heavy (non-hydrogen) atoms. The summed E-state index contributed by atoms with van der Waals surface area (Å²) in [6.07, 6.45) is -0.573. The Morgan fingerprint density at radius 2 is 2.21 bits per heavy atom. The van der Waals surface area contributed by atoms with Gasteiger partial charge in [-0.1, -0.05) is 28.9 Å². The number of hydrogen-bond acceptors (Lipinski definition) is 4.